The van der Waals surface area contributed by atoms with Crippen LogP contribution in [0, 0.1) is 17.3 Å². The highest BCUT2D eigenvalue weighted by Gasteiger charge is 2.28. The number of carbonyl (C=O) groups excluding carboxylic acids is 2. The second-order valence-electron chi connectivity index (χ2n) is 11.0. The quantitative estimate of drug-likeness (QED) is 0.666. The van der Waals surface area contributed by atoms with Gasteiger partial charge in [-0.2, -0.15) is 0 Å². The molecule has 1 N–H and O–H groups in total. The Bertz CT molecular complexity index is 1230. The van der Waals surface area contributed by atoms with Gasteiger partial charge in [-0.1, -0.05) is 59.6 Å². The van der Waals surface area contributed by atoms with Gasteiger partial charge in [0.2, 0.25) is 5.91 Å². The molecule has 190 valence electrons. The van der Waals surface area contributed by atoms with Gasteiger partial charge in [0.1, 0.15) is 11.2 Å². The van der Waals surface area contributed by atoms with Crippen LogP contribution in [-0.4, -0.2) is 36.4 Å². The molecule has 1 aliphatic rings. The molecule has 7 heteroatoms. The van der Waals surface area contributed by atoms with Crippen LogP contribution in [0.2, 0.25) is 0 Å². The molecule has 0 bridgehead atoms. The van der Waals surface area contributed by atoms with Crippen LogP contribution in [0.3, 0.4) is 0 Å². The minimum Gasteiger partial charge on any atom is -0.378 e. The van der Waals surface area contributed by atoms with Gasteiger partial charge in [-0.25, -0.2) is 0 Å². The third-order valence-corrected chi connectivity index (χ3v) is 8.05. The Kier molecular flexibility index (Phi) is 8.42. The minimum absolute atomic E-state index is 0.0791. The molecule has 2 aromatic rings. The smallest absolute Gasteiger partial charge is 0.269 e. The van der Waals surface area contributed by atoms with Crippen LogP contribution in [0.15, 0.2) is 29.1 Å². The molecule has 0 spiro atoms. The van der Waals surface area contributed by atoms with Crippen molar-refractivity contribution in [2.24, 2.45) is 17.3 Å². The van der Waals surface area contributed by atoms with E-state index in [2.05, 4.69) is 19.2 Å². The van der Waals surface area contributed by atoms with E-state index >= 15 is 0 Å². The van der Waals surface area contributed by atoms with Crippen molar-refractivity contribution in [2.75, 3.05) is 19.0 Å². The molecule has 0 aliphatic heterocycles. The van der Waals surface area contributed by atoms with Gasteiger partial charge >= 0.3 is 0 Å². The summed E-state index contributed by atoms with van der Waals surface area (Å²) in [6, 6.07) is 8.02. The van der Waals surface area contributed by atoms with Gasteiger partial charge in [0.05, 0.1) is 4.53 Å². The fourth-order valence-electron chi connectivity index (χ4n) is 4.32. The van der Waals surface area contributed by atoms with Crippen LogP contribution in [-0.2, 0) is 16.1 Å². The number of ketones is 1. The zero-order valence-electron chi connectivity index (χ0n) is 22.1. The molecule has 1 aromatic heterocycles. The maximum Gasteiger partial charge on any atom is 0.269 e. The van der Waals surface area contributed by atoms with E-state index in [1.54, 1.807) is 0 Å². The van der Waals surface area contributed by atoms with E-state index in [-0.39, 0.29) is 29.8 Å². The van der Waals surface area contributed by atoms with Crippen molar-refractivity contribution in [1.29, 1.82) is 0 Å². The number of rotatable bonds is 6. The van der Waals surface area contributed by atoms with E-state index in [0.29, 0.717) is 21.0 Å². The van der Waals surface area contributed by atoms with E-state index in [1.165, 1.54) is 28.4 Å². The number of aromatic nitrogens is 1. The summed E-state index contributed by atoms with van der Waals surface area (Å²) in [5.41, 5.74) is 1.13. The van der Waals surface area contributed by atoms with Gasteiger partial charge < -0.3 is 10.2 Å². The third kappa shape index (κ3) is 6.72. The van der Waals surface area contributed by atoms with Crippen LogP contribution in [0.1, 0.15) is 59.4 Å². The monoisotopic (exact) mass is 497 g/mol. The number of nitrogens with zero attached hydrogens (tertiary/aromatic N) is 2. The molecule has 3 atom stereocenters. The fraction of sp³-hybridized carbons (Fsp3) is 0.536. The van der Waals surface area contributed by atoms with Gasteiger partial charge in [-0.15, -0.1) is 11.3 Å². The van der Waals surface area contributed by atoms with Gasteiger partial charge in [-0.3, -0.25) is 19.0 Å². The summed E-state index contributed by atoms with van der Waals surface area (Å²) in [4.78, 5) is 41.2. The van der Waals surface area contributed by atoms with Crippen molar-refractivity contribution in [3.63, 3.8) is 0 Å². The molecule has 6 nitrogen and oxygen atoms in total. The molecule has 1 amide bonds. The lowest BCUT2D eigenvalue weighted by atomic mass is 9.78. The molecule has 0 radical (unpaired) electrons. The zero-order chi connectivity index (χ0) is 25.9. The first-order chi connectivity index (χ1) is 16.4. The highest BCUT2D eigenvalue weighted by molar-refractivity contribution is 7.07. The van der Waals surface area contributed by atoms with Gasteiger partial charge in [0.15, 0.2) is 5.78 Å². The molecule has 1 fully saturated rings. The summed E-state index contributed by atoms with van der Waals surface area (Å²) in [6.45, 7) is 9.86. The Morgan fingerprint density at radius 1 is 1.14 bits per heavy atom. The molecule has 1 saturated carbocycles. The van der Waals surface area contributed by atoms with E-state index in [1.807, 2.05) is 70.1 Å². The lowest BCUT2D eigenvalue weighted by Gasteiger charge is -2.34. The molecule has 3 rings (SSSR count). The summed E-state index contributed by atoms with van der Waals surface area (Å²) in [5, 5.41) is 3.15. The number of anilines is 1. The molecule has 0 saturated heterocycles. The zero-order valence-corrected chi connectivity index (χ0v) is 22.9. The number of carbonyl (C=O) groups is 2. The van der Waals surface area contributed by atoms with E-state index in [4.69, 9.17) is 0 Å². The SMILES string of the molecule is C[C@@H]1[C@H](C)CCC[C@@H]1NC(=O)Cn1c(=O)/c(=C/c2ccc(N(C)C)cc2)s/c1=C/C(=O)C(C)(C)C. The maximum atomic E-state index is 13.4. The largest absolute Gasteiger partial charge is 0.378 e. The average Bonchev–Trinajstić information content (AvgIpc) is 3.05. The number of benzene rings is 1. The third-order valence-electron chi connectivity index (χ3n) is 6.99. The molecule has 35 heavy (non-hydrogen) atoms. The minimum atomic E-state index is -0.577. The van der Waals surface area contributed by atoms with Crippen molar-refractivity contribution >= 4 is 40.9 Å². The summed E-state index contributed by atoms with van der Waals surface area (Å²) >= 11 is 1.25. The summed E-state index contributed by atoms with van der Waals surface area (Å²) in [5.74, 6) is 0.695. The number of Topliss-reactive ketones (excluding diaryl/α,β-unsaturated/α-hetero) is 1. The molecule has 1 heterocycles. The Hall–Kier alpha value is -2.67. The first-order valence-electron chi connectivity index (χ1n) is 12.4. The fourth-order valence-corrected chi connectivity index (χ4v) is 5.36. The van der Waals surface area contributed by atoms with Crippen molar-refractivity contribution in [3.05, 3.63) is 49.4 Å². The Balaban J connectivity index is 1.98. The standard InChI is InChI=1S/C28H39N3O3S/c1-18-9-8-10-22(19(18)2)29-25(33)17-31-26(16-24(32)28(3,4)5)35-23(27(31)34)15-20-11-13-21(14-12-20)30(6)7/h11-16,18-19,22H,8-10,17H2,1-7H3,(H,29,33)/b23-15-,26-16+/t18-,19-,22+/m1/s1. The lowest BCUT2D eigenvalue weighted by Crippen LogP contribution is -2.46. The Morgan fingerprint density at radius 2 is 1.80 bits per heavy atom. The number of thiazole rings is 1. The van der Waals surface area contributed by atoms with Crippen LogP contribution >= 0.6 is 11.3 Å². The number of hydrogen-bond acceptors (Lipinski definition) is 5. The van der Waals surface area contributed by atoms with E-state index in [9.17, 15) is 14.4 Å². The van der Waals surface area contributed by atoms with Gasteiger partial charge in [0.25, 0.3) is 5.56 Å². The topological polar surface area (TPSA) is 71.4 Å². The van der Waals surface area contributed by atoms with Crippen molar-refractivity contribution in [1.82, 2.24) is 9.88 Å². The predicted octanol–water partition coefficient (Wildman–Crippen LogP) is 3.14. The van der Waals surface area contributed by atoms with Crippen LogP contribution < -0.4 is 25.0 Å². The molecule has 1 aromatic carbocycles. The lowest BCUT2D eigenvalue weighted by molar-refractivity contribution is -0.123. The first-order valence-corrected chi connectivity index (χ1v) is 13.2. The van der Waals surface area contributed by atoms with Crippen LogP contribution in [0.25, 0.3) is 12.2 Å². The van der Waals surface area contributed by atoms with Crippen molar-refractivity contribution in [2.45, 2.75) is 66.5 Å². The van der Waals surface area contributed by atoms with Crippen LogP contribution in [0.5, 0.6) is 0 Å². The highest BCUT2D eigenvalue weighted by Crippen LogP contribution is 2.29. The average molecular weight is 498 g/mol. The Morgan fingerprint density at radius 3 is 2.40 bits per heavy atom. The predicted molar refractivity (Wildman–Crippen MR) is 145 cm³/mol. The molecule has 1 aliphatic carbocycles. The van der Waals surface area contributed by atoms with Gasteiger partial charge in [-0.05, 0) is 42.0 Å². The second-order valence-corrected chi connectivity index (χ2v) is 12.1. The molecular weight excluding hydrogens is 458 g/mol. The summed E-state index contributed by atoms with van der Waals surface area (Å²) in [7, 11) is 3.95. The van der Waals surface area contributed by atoms with E-state index in [0.717, 1.165) is 24.1 Å². The second kappa shape index (κ2) is 10.9. The van der Waals surface area contributed by atoms with E-state index < -0.39 is 5.41 Å². The molecule has 0 unspecified atom stereocenters. The van der Waals surface area contributed by atoms with Crippen molar-refractivity contribution in [3.8, 4) is 0 Å². The number of hydrogen-bond donors (Lipinski definition) is 1. The summed E-state index contributed by atoms with van der Waals surface area (Å²) < 4.78 is 2.45. The molecular formula is C28H39N3O3S. The van der Waals surface area contributed by atoms with Crippen molar-refractivity contribution < 1.29 is 9.59 Å². The first kappa shape index (κ1) is 26.9. The van der Waals surface area contributed by atoms with Gasteiger partial charge in [0, 0.05) is 37.3 Å². The van der Waals surface area contributed by atoms with Crippen LogP contribution in [0.4, 0.5) is 5.69 Å². The maximum absolute atomic E-state index is 13.4. The normalized spacial score (nSPS) is 21.7. The highest BCUT2D eigenvalue weighted by atomic mass is 32.1. The Labute approximate surface area is 212 Å². The number of amides is 1. The summed E-state index contributed by atoms with van der Waals surface area (Å²) in [6.07, 6.45) is 6.57. The number of nitrogens with one attached hydrogen (secondary N) is 1.